The van der Waals surface area contributed by atoms with Crippen LogP contribution < -0.4 is 0 Å². The summed E-state index contributed by atoms with van der Waals surface area (Å²) in [7, 11) is 1.80. The molecule has 0 N–H and O–H groups in total. The first-order valence-electron chi connectivity index (χ1n) is 7.05. The summed E-state index contributed by atoms with van der Waals surface area (Å²) >= 11 is 0. The molecule has 3 nitrogen and oxygen atoms in total. The van der Waals surface area contributed by atoms with E-state index >= 15 is 0 Å². The molecule has 0 bridgehead atoms. The van der Waals surface area contributed by atoms with Gasteiger partial charge in [-0.3, -0.25) is 4.79 Å². The van der Waals surface area contributed by atoms with Crippen molar-refractivity contribution in [1.82, 2.24) is 4.90 Å². The molecule has 2 rings (SSSR count). The Morgan fingerprint density at radius 3 is 2.65 bits per heavy atom. The number of rotatable bonds is 4. The maximum atomic E-state index is 13.6. The fourth-order valence-electron chi connectivity index (χ4n) is 2.62. The lowest BCUT2D eigenvalue weighted by Gasteiger charge is -2.36. The maximum absolute atomic E-state index is 13.6. The van der Waals surface area contributed by atoms with Crippen molar-refractivity contribution in [2.75, 3.05) is 26.8 Å². The van der Waals surface area contributed by atoms with Crippen LogP contribution in [0.3, 0.4) is 0 Å². The van der Waals surface area contributed by atoms with Gasteiger partial charge in [0.15, 0.2) is 0 Å². The maximum Gasteiger partial charge on any atom is 0.226 e. The summed E-state index contributed by atoms with van der Waals surface area (Å²) in [4.78, 5) is 13.9. The number of hydrogen-bond donors (Lipinski definition) is 0. The Bertz CT molecular complexity index is 469. The Balaban J connectivity index is 1.93. The van der Waals surface area contributed by atoms with Gasteiger partial charge in [0, 0.05) is 26.8 Å². The second-order valence-corrected chi connectivity index (χ2v) is 5.94. The van der Waals surface area contributed by atoms with Crippen molar-refractivity contribution in [3.8, 4) is 0 Å². The molecule has 0 radical (unpaired) electrons. The van der Waals surface area contributed by atoms with Gasteiger partial charge in [0.1, 0.15) is 5.82 Å². The van der Waals surface area contributed by atoms with Crippen molar-refractivity contribution >= 4 is 5.91 Å². The first-order chi connectivity index (χ1) is 9.50. The zero-order chi connectivity index (χ0) is 14.6. The summed E-state index contributed by atoms with van der Waals surface area (Å²) in [5.74, 6) is -0.352. The zero-order valence-electron chi connectivity index (χ0n) is 12.2. The van der Waals surface area contributed by atoms with E-state index in [0.29, 0.717) is 12.1 Å². The van der Waals surface area contributed by atoms with Crippen LogP contribution in [-0.2, 0) is 16.0 Å². The molecule has 0 saturated carbocycles. The highest BCUT2D eigenvalue weighted by Gasteiger charge is 2.30. The quantitative estimate of drug-likeness (QED) is 0.848. The minimum atomic E-state index is -0.313. The van der Waals surface area contributed by atoms with Crippen LogP contribution >= 0.6 is 0 Å². The van der Waals surface area contributed by atoms with E-state index in [1.54, 1.807) is 30.1 Å². The molecule has 4 heteroatoms. The molecule has 0 aromatic heterocycles. The molecule has 110 valence electrons. The number of benzene rings is 1. The van der Waals surface area contributed by atoms with E-state index < -0.39 is 0 Å². The molecule has 1 aromatic carbocycles. The van der Waals surface area contributed by atoms with Crippen LogP contribution in [-0.4, -0.2) is 37.6 Å². The van der Waals surface area contributed by atoms with Gasteiger partial charge in [-0.1, -0.05) is 25.1 Å². The van der Waals surface area contributed by atoms with Crippen molar-refractivity contribution in [2.24, 2.45) is 5.41 Å². The van der Waals surface area contributed by atoms with Crippen LogP contribution in [0.1, 0.15) is 25.3 Å². The third-order valence-corrected chi connectivity index (χ3v) is 4.04. The molecule has 1 aliphatic heterocycles. The number of carbonyl (C=O) groups is 1. The minimum Gasteiger partial charge on any atom is -0.381 e. The van der Waals surface area contributed by atoms with E-state index in [-0.39, 0.29) is 23.6 Å². The van der Waals surface area contributed by atoms with Crippen LogP contribution in [0.5, 0.6) is 0 Å². The zero-order valence-corrected chi connectivity index (χ0v) is 12.2. The number of ether oxygens (including phenoxy) is 1. The molecule has 0 aliphatic carbocycles. The highest BCUT2D eigenvalue weighted by atomic mass is 19.1. The highest BCUT2D eigenvalue weighted by molar-refractivity contribution is 5.78. The fourth-order valence-corrected chi connectivity index (χ4v) is 2.62. The average molecular weight is 279 g/mol. The summed E-state index contributed by atoms with van der Waals surface area (Å²) in [6.45, 7) is 4.39. The van der Waals surface area contributed by atoms with Gasteiger partial charge in [-0.2, -0.15) is 0 Å². The Kier molecular flexibility index (Phi) is 4.76. The van der Waals surface area contributed by atoms with Gasteiger partial charge in [0.05, 0.1) is 6.42 Å². The summed E-state index contributed by atoms with van der Waals surface area (Å²) in [6.07, 6.45) is 2.05. The van der Waals surface area contributed by atoms with Gasteiger partial charge in [0.25, 0.3) is 0 Å². The lowest BCUT2D eigenvalue weighted by Crippen LogP contribution is -2.41. The molecular formula is C16H22FNO2. The number of halogens is 1. The Morgan fingerprint density at radius 2 is 2.00 bits per heavy atom. The van der Waals surface area contributed by atoms with Gasteiger partial charge in [-0.15, -0.1) is 0 Å². The number of likely N-dealkylation sites (N-methyl/N-ethyl adjacent to an activating group) is 1. The largest absolute Gasteiger partial charge is 0.381 e. The Hall–Kier alpha value is -1.42. The number of hydrogen-bond acceptors (Lipinski definition) is 2. The van der Waals surface area contributed by atoms with Gasteiger partial charge in [0.2, 0.25) is 5.91 Å². The van der Waals surface area contributed by atoms with Crippen molar-refractivity contribution in [1.29, 1.82) is 0 Å². The second kappa shape index (κ2) is 6.35. The first-order valence-corrected chi connectivity index (χ1v) is 7.05. The van der Waals surface area contributed by atoms with Crippen LogP contribution in [0.2, 0.25) is 0 Å². The molecule has 1 amide bonds. The van der Waals surface area contributed by atoms with Crippen LogP contribution in [0.15, 0.2) is 24.3 Å². The fraction of sp³-hybridized carbons (Fsp3) is 0.562. The first kappa shape index (κ1) is 15.0. The molecule has 0 spiro atoms. The van der Waals surface area contributed by atoms with Gasteiger partial charge < -0.3 is 9.64 Å². The molecular weight excluding hydrogens is 257 g/mol. The second-order valence-electron chi connectivity index (χ2n) is 5.94. The van der Waals surface area contributed by atoms with E-state index in [0.717, 1.165) is 26.1 Å². The van der Waals surface area contributed by atoms with E-state index in [1.165, 1.54) is 6.07 Å². The van der Waals surface area contributed by atoms with Crippen LogP contribution in [0.4, 0.5) is 4.39 Å². The van der Waals surface area contributed by atoms with E-state index in [9.17, 15) is 9.18 Å². The van der Waals surface area contributed by atoms with Gasteiger partial charge in [-0.25, -0.2) is 4.39 Å². The predicted molar refractivity (Wildman–Crippen MR) is 75.9 cm³/mol. The average Bonchev–Trinajstić information content (AvgIpc) is 2.41. The summed E-state index contributed by atoms with van der Waals surface area (Å²) < 4.78 is 18.9. The SMILES string of the molecule is CN(CC1(C)CCOCC1)C(=O)Cc1ccccc1F. The van der Waals surface area contributed by atoms with Crippen molar-refractivity contribution < 1.29 is 13.9 Å². The molecule has 1 aliphatic rings. The van der Waals surface area contributed by atoms with Crippen molar-refractivity contribution in [2.45, 2.75) is 26.2 Å². The van der Waals surface area contributed by atoms with E-state index in [1.807, 2.05) is 0 Å². The van der Waals surface area contributed by atoms with Crippen LogP contribution in [0.25, 0.3) is 0 Å². The monoisotopic (exact) mass is 279 g/mol. The van der Waals surface area contributed by atoms with Crippen LogP contribution in [0, 0.1) is 11.2 Å². The normalized spacial score (nSPS) is 17.8. The topological polar surface area (TPSA) is 29.5 Å². The molecule has 0 atom stereocenters. The molecule has 1 heterocycles. The molecule has 1 fully saturated rings. The lowest BCUT2D eigenvalue weighted by atomic mass is 9.82. The number of carbonyl (C=O) groups excluding carboxylic acids is 1. The summed E-state index contributed by atoms with van der Waals surface area (Å²) in [5.41, 5.74) is 0.569. The lowest BCUT2D eigenvalue weighted by molar-refractivity contribution is -0.131. The van der Waals surface area contributed by atoms with E-state index in [2.05, 4.69) is 6.92 Å². The smallest absolute Gasteiger partial charge is 0.226 e. The highest BCUT2D eigenvalue weighted by Crippen LogP contribution is 2.30. The molecule has 0 unspecified atom stereocenters. The third-order valence-electron chi connectivity index (χ3n) is 4.04. The number of nitrogens with zero attached hydrogens (tertiary/aromatic N) is 1. The summed E-state index contributed by atoms with van der Waals surface area (Å²) in [5, 5.41) is 0. The Morgan fingerprint density at radius 1 is 1.35 bits per heavy atom. The summed E-state index contributed by atoms with van der Waals surface area (Å²) in [6, 6.07) is 6.45. The number of amides is 1. The molecule has 20 heavy (non-hydrogen) atoms. The minimum absolute atomic E-state index is 0.0391. The van der Waals surface area contributed by atoms with Crippen molar-refractivity contribution in [3.63, 3.8) is 0 Å². The molecule has 1 aromatic rings. The standard InChI is InChI=1S/C16H22FNO2/c1-16(7-9-20-10-8-16)12-18(2)15(19)11-13-5-3-4-6-14(13)17/h3-6H,7-12H2,1-2H3. The third kappa shape index (κ3) is 3.79. The van der Waals surface area contributed by atoms with Crippen molar-refractivity contribution in [3.05, 3.63) is 35.6 Å². The Labute approximate surface area is 119 Å². The molecule has 1 saturated heterocycles. The predicted octanol–water partition coefficient (Wildman–Crippen LogP) is 2.64. The van der Waals surface area contributed by atoms with E-state index in [4.69, 9.17) is 4.74 Å². The van der Waals surface area contributed by atoms with Gasteiger partial charge in [-0.05, 0) is 29.9 Å². The van der Waals surface area contributed by atoms with Gasteiger partial charge >= 0.3 is 0 Å².